The summed E-state index contributed by atoms with van der Waals surface area (Å²) in [5.74, 6) is -1.08. The number of aromatic amines is 1. The highest BCUT2D eigenvalue weighted by Crippen LogP contribution is 2.18. The second kappa shape index (κ2) is 13.2. The number of H-pyrrole nitrogens is 1. The maximum Gasteiger partial charge on any atom is 0.330 e. The number of nitrogens with zero attached hydrogens (tertiary/aromatic N) is 3. The number of rotatable bonds is 12. The Morgan fingerprint density at radius 1 is 1.05 bits per heavy atom. The van der Waals surface area contributed by atoms with Gasteiger partial charge in [0.2, 0.25) is 5.95 Å². The van der Waals surface area contributed by atoms with Crippen molar-refractivity contribution in [1.29, 1.82) is 0 Å². The summed E-state index contributed by atoms with van der Waals surface area (Å²) in [6, 6.07) is 8.45. The molecule has 0 saturated carbocycles. The number of thiophene rings is 1. The lowest BCUT2D eigenvalue weighted by Crippen LogP contribution is -2.50. The van der Waals surface area contributed by atoms with Crippen molar-refractivity contribution in [3.63, 3.8) is 0 Å². The minimum absolute atomic E-state index is 0.126. The lowest BCUT2D eigenvalue weighted by Gasteiger charge is -2.20. The molecule has 3 heterocycles. The number of anilines is 1. The van der Waals surface area contributed by atoms with Crippen LogP contribution in [0.15, 0.2) is 41.9 Å². The van der Waals surface area contributed by atoms with Gasteiger partial charge in [0.25, 0.3) is 11.8 Å². The monoisotopic (exact) mass is 563 g/mol. The molecule has 12 heteroatoms. The van der Waals surface area contributed by atoms with Gasteiger partial charge in [-0.3, -0.25) is 14.7 Å². The molecule has 4 rings (SSSR count). The quantitative estimate of drug-likeness (QED) is 0.151. The largest absolute Gasteiger partial charge is 0.461 e. The molecule has 0 bridgehead atoms. The first-order valence-electron chi connectivity index (χ1n) is 13.1. The molecule has 0 fully saturated rings. The molecule has 4 N–H and O–H groups in total. The molecule has 210 valence electrons. The van der Waals surface area contributed by atoms with Gasteiger partial charge in [-0.05, 0) is 63.6 Å². The zero-order valence-corrected chi connectivity index (χ0v) is 23.7. The van der Waals surface area contributed by atoms with Gasteiger partial charge in [0, 0.05) is 18.5 Å². The molecule has 0 aliphatic carbocycles. The molecule has 2 amide bonds. The van der Waals surface area contributed by atoms with Gasteiger partial charge in [0.1, 0.15) is 6.04 Å². The van der Waals surface area contributed by atoms with E-state index in [1.54, 1.807) is 45.2 Å². The molecule has 4 aromatic rings. The summed E-state index contributed by atoms with van der Waals surface area (Å²) in [5, 5.41) is 18.6. The summed E-state index contributed by atoms with van der Waals surface area (Å²) >= 11 is 1.28. The van der Waals surface area contributed by atoms with E-state index in [0.29, 0.717) is 28.8 Å². The molecule has 1 atom stereocenters. The van der Waals surface area contributed by atoms with Crippen molar-refractivity contribution < 1.29 is 19.1 Å². The highest BCUT2D eigenvalue weighted by atomic mass is 32.1. The van der Waals surface area contributed by atoms with Crippen LogP contribution in [0.4, 0.5) is 5.95 Å². The molecule has 3 aromatic heterocycles. The van der Waals surface area contributed by atoms with Crippen molar-refractivity contribution in [2.45, 2.75) is 52.7 Å². The van der Waals surface area contributed by atoms with Crippen LogP contribution in [0, 0.1) is 13.8 Å². The number of carbonyl (C=O) groups is 3. The molecule has 0 aliphatic rings. The standard InChI is InChI=1S/C28H33N7O4S/c1-16(2)39-27(38)22(15-30-25(36)23-11-7-13-40-23)34-26(37)24-17(3)32-28(33-18(24)4)29-12-6-9-19-8-5-10-21-20(19)14-31-35-21/h5,7-8,10-11,13-14,16,22H,6,9,12,15H2,1-4H3,(H,30,36)(H,31,35)(H,34,37)(H,29,32,33). The van der Waals surface area contributed by atoms with E-state index in [1.165, 1.54) is 16.9 Å². The zero-order valence-electron chi connectivity index (χ0n) is 22.9. The van der Waals surface area contributed by atoms with Gasteiger partial charge in [0.15, 0.2) is 0 Å². The van der Waals surface area contributed by atoms with E-state index in [2.05, 4.69) is 42.2 Å². The maximum absolute atomic E-state index is 13.2. The van der Waals surface area contributed by atoms with Crippen LogP contribution in [-0.2, 0) is 16.0 Å². The molecule has 1 aromatic carbocycles. The van der Waals surface area contributed by atoms with Crippen LogP contribution in [0.3, 0.4) is 0 Å². The number of fused-ring (bicyclic) bond motifs is 1. The number of amides is 2. The molecule has 11 nitrogen and oxygen atoms in total. The molecule has 0 saturated heterocycles. The lowest BCUT2D eigenvalue weighted by molar-refractivity contribution is -0.149. The van der Waals surface area contributed by atoms with Crippen LogP contribution in [0.5, 0.6) is 0 Å². The van der Waals surface area contributed by atoms with Crippen LogP contribution >= 0.6 is 11.3 Å². The Labute approximate surface area is 236 Å². The molecular formula is C28H33N7O4S. The predicted molar refractivity (Wildman–Crippen MR) is 154 cm³/mol. The lowest BCUT2D eigenvalue weighted by atomic mass is 10.1. The molecule has 0 radical (unpaired) electrons. The van der Waals surface area contributed by atoms with Gasteiger partial charge in [-0.2, -0.15) is 5.10 Å². The van der Waals surface area contributed by atoms with Gasteiger partial charge >= 0.3 is 5.97 Å². The Morgan fingerprint density at radius 2 is 1.82 bits per heavy atom. The minimum atomic E-state index is -1.09. The first-order valence-corrected chi connectivity index (χ1v) is 13.9. The van der Waals surface area contributed by atoms with Gasteiger partial charge in [-0.25, -0.2) is 14.8 Å². The zero-order chi connectivity index (χ0) is 28.6. The van der Waals surface area contributed by atoms with E-state index in [0.717, 1.165) is 23.7 Å². The normalized spacial score (nSPS) is 11.8. The summed E-state index contributed by atoms with van der Waals surface area (Å²) in [6.07, 6.45) is 3.16. The number of carbonyl (C=O) groups excluding carboxylic acids is 3. The SMILES string of the molecule is Cc1nc(NCCCc2cccc3[nH]ncc23)nc(C)c1C(=O)NC(CNC(=O)c1cccs1)C(=O)OC(C)C. The Balaban J connectivity index is 1.37. The van der Waals surface area contributed by atoms with E-state index < -0.39 is 17.9 Å². The highest BCUT2D eigenvalue weighted by Gasteiger charge is 2.27. The Morgan fingerprint density at radius 3 is 2.52 bits per heavy atom. The van der Waals surface area contributed by atoms with Crippen molar-refractivity contribution >= 4 is 46.0 Å². The first-order chi connectivity index (χ1) is 19.2. The number of aromatic nitrogens is 4. The van der Waals surface area contributed by atoms with E-state index in [1.807, 2.05) is 18.3 Å². The van der Waals surface area contributed by atoms with Crippen LogP contribution in [0.25, 0.3) is 10.9 Å². The van der Waals surface area contributed by atoms with E-state index >= 15 is 0 Å². The molecule has 40 heavy (non-hydrogen) atoms. The highest BCUT2D eigenvalue weighted by molar-refractivity contribution is 7.12. The summed E-state index contributed by atoms with van der Waals surface area (Å²) in [4.78, 5) is 47.8. The van der Waals surface area contributed by atoms with Crippen molar-refractivity contribution in [3.8, 4) is 0 Å². The smallest absolute Gasteiger partial charge is 0.330 e. The van der Waals surface area contributed by atoms with E-state index in [-0.39, 0.29) is 24.1 Å². The Bertz CT molecular complexity index is 1460. The number of ether oxygens (including phenoxy) is 1. The second-order valence-corrected chi connectivity index (χ2v) is 10.5. The summed E-state index contributed by atoms with van der Waals surface area (Å²) in [6.45, 7) is 7.38. The maximum atomic E-state index is 13.2. The van der Waals surface area contributed by atoms with Crippen LogP contribution in [0.2, 0.25) is 0 Å². The number of benzene rings is 1. The average Bonchev–Trinajstić information content (AvgIpc) is 3.61. The van der Waals surface area contributed by atoms with Gasteiger partial charge in [-0.15, -0.1) is 11.3 Å². The molecule has 1 unspecified atom stereocenters. The number of esters is 1. The number of hydrogen-bond donors (Lipinski definition) is 4. The van der Waals surface area contributed by atoms with Gasteiger partial charge < -0.3 is 20.7 Å². The molecule has 0 spiro atoms. The predicted octanol–water partition coefficient (Wildman–Crippen LogP) is 3.56. The van der Waals surface area contributed by atoms with Crippen molar-refractivity contribution in [1.82, 2.24) is 30.8 Å². The van der Waals surface area contributed by atoms with Crippen LogP contribution in [-0.4, -0.2) is 63.2 Å². The Kier molecular flexibility index (Phi) is 9.43. The molecular weight excluding hydrogens is 530 g/mol. The molecule has 0 aliphatic heterocycles. The Hall–Kier alpha value is -4.32. The fraction of sp³-hybridized carbons (Fsp3) is 0.357. The number of nitrogens with one attached hydrogen (secondary N) is 4. The first kappa shape index (κ1) is 28.7. The van der Waals surface area contributed by atoms with Crippen LogP contribution < -0.4 is 16.0 Å². The summed E-state index contributed by atoms with van der Waals surface area (Å²) in [7, 11) is 0. The third-order valence-electron chi connectivity index (χ3n) is 6.13. The number of aryl methyl sites for hydroxylation is 3. The topological polar surface area (TPSA) is 151 Å². The third-order valence-corrected chi connectivity index (χ3v) is 7.00. The van der Waals surface area contributed by atoms with Crippen molar-refractivity contribution in [3.05, 3.63) is 69.3 Å². The second-order valence-electron chi connectivity index (χ2n) is 9.57. The van der Waals surface area contributed by atoms with Gasteiger partial charge in [0.05, 0.1) is 39.6 Å². The van der Waals surface area contributed by atoms with Crippen molar-refractivity contribution in [2.24, 2.45) is 0 Å². The van der Waals surface area contributed by atoms with E-state index in [9.17, 15) is 14.4 Å². The van der Waals surface area contributed by atoms with Crippen molar-refractivity contribution in [2.75, 3.05) is 18.4 Å². The fourth-order valence-corrected chi connectivity index (χ4v) is 4.92. The number of hydrogen-bond acceptors (Lipinski definition) is 9. The summed E-state index contributed by atoms with van der Waals surface area (Å²) < 4.78 is 5.31. The third kappa shape index (κ3) is 7.20. The van der Waals surface area contributed by atoms with E-state index in [4.69, 9.17) is 4.74 Å². The fourth-order valence-electron chi connectivity index (χ4n) is 4.28. The van der Waals surface area contributed by atoms with Gasteiger partial charge in [-0.1, -0.05) is 18.2 Å². The van der Waals surface area contributed by atoms with Crippen LogP contribution in [0.1, 0.15) is 57.2 Å². The minimum Gasteiger partial charge on any atom is -0.461 e. The average molecular weight is 564 g/mol. The summed E-state index contributed by atoms with van der Waals surface area (Å²) in [5.41, 5.74) is 3.43.